The highest BCUT2D eigenvalue weighted by molar-refractivity contribution is 5.97. The van der Waals surface area contributed by atoms with Crippen molar-refractivity contribution in [1.82, 2.24) is 5.32 Å². The molecule has 0 aliphatic heterocycles. The van der Waals surface area contributed by atoms with Gasteiger partial charge in [-0.2, -0.15) is 0 Å². The van der Waals surface area contributed by atoms with Gasteiger partial charge in [0.2, 0.25) is 0 Å². The lowest BCUT2D eigenvalue weighted by molar-refractivity contribution is 0.957. The number of amidine groups is 1. The first-order valence-electron chi connectivity index (χ1n) is 7.07. The van der Waals surface area contributed by atoms with Crippen LogP contribution in [0, 0.1) is 5.41 Å². The Labute approximate surface area is 162 Å². The molecule has 0 aliphatic carbocycles. The van der Waals surface area contributed by atoms with Crippen molar-refractivity contribution < 1.29 is 0 Å². The molecule has 2 rings (SSSR count). The van der Waals surface area contributed by atoms with Crippen LogP contribution in [-0.2, 0) is 19.4 Å². The van der Waals surface area contributed by atoms with Crippen molar-refractivity contribution in [3.63, 3.8) is 0 Å². The summed E-state index contributed by atoms with van der Waals surface area (Å²) < 4.78 is 0. The van der Waals surface area contributed by atoms with Gasteiger partial charge in [0.1, 0.15) is 5.84 Å². The van der Waals surface area contributed by atoms with Gasteiger partial charge in [-0.05, 0) is 35.6 Å². The zero-order valence-electron chi connectivity index (χ0n) is 13.5. The summed E-state index contributed by atoms with van der Waals surface area (Å²) in [5, 5.41) is 10.6. The quantitative estimate of drug-likeness (QED) is 0.358. The second-order valence-electron chi connectivity index (χ2n) is 5.06. The Kier molecular flexibility index (Phi) is 12.4. The Balaban J connectivity index is 0. The Hall–Kier alpha value is -1.46. The topological polar surface area (TPSA) is 87.9 Å². The summed E-state index contributed by atoms with van der Waals surface area (Å²) in [4.78, 5) is 0. The highest BCUT2D eigenvalue weighted by Gasteiger charge is 2.04. The van der Waals surface area contributed by atoms with Crippen LogP contribution in [0.2, 0.25) is 0 Å². The molecule has 0 radical (unpaired) electrons. The van der Waals surface area contributed by atoms with E-state index in [9.17, 15) is 0 Å². The lowest BCUT2D eigenvalue weighted by atomic mass is 10.0. The van der Waals surface area contributed by atoms with E-state index in [0.29, 0.717) is 12.4 Å². The Morgan fingerprint density at radius 2 is 1.54 bits per heavy atom. The molecule has 0 saturated carbocycles. The van der Waals surface area contributed by atoms with E-state index >= 15 is 0 Å². The van der Waals surface area contributed by atoms with Gasteiger partial charge in [0, 0.05) is 24.8 Å². The van der Waals surface area contributed by atoms with Gasteiger partial charge in [-0.15, -0.1) is 37.2 Å². The first-order valence-corrected chi connectivity index (χ1v) is 7.07. The molecule has 2 aromatic rings. The highest BCUT2D eigenvalue weighted by Crippen LogP contribution is 2.17. The molecule has 0 amide bonds. The van der Waals surface area contributed by atoms with Crippen molar-refractivity contribution in [2.24, 2.45) is 5.73 Å². The SMILES string of the molecule is CNC(=N)c1ccc(CCc2ccc(CN)cc2)c(N)c1.Cl.Cl.Cl. The zero-order valence-corrected chi connectivity index (χ0v) is 16.0. The maximum Gasteiger partial charge on any atom is 0.125 e. The van der Waals surface area contributed by atoms with Gasteiger partial charge in [-0.3, -0.25) is 5.41 Å². The minimum absolute atomic E-state index is 0. The summed E-state index contributed by atoms with van der Waals surface area (Å²) in [7, 11) is 1.73. The maximum atomic E-state index is 7.74. The molecular formula is C17H25Cl3N4. The second-order valence-corrected chi connectivity index (χ2v) is 5.06. The van der Waals surface area contributed by atoms with Gasteiger partial charge in [-0.1, -0.05) is 36.4 Å². The third kappa shape index (κ3) is 6.57. The standard InChI is InChI=1S/C17H22N4.3ClH/c1-21-17(20)15-9-8-14(16(19)10-15)7-6-12-2-4-13(11-18)5-3-12;;;/h2-5,8-10H,6-7,11,18-19H2,1H3,(H2,20,21);3*1H. The number of aryl methyl sites for hydroxylation is 2. The Morgan fingerprint density at radius 1 is 0.958 bits per heavy atom. The van der Waals surface area contributed by atoms with Crippen LogP contribution in [-0.4, -0.2) is 12.9 Å². The van der Waals surface area contributed by atoms with Crippen molar-refractivity contribution in [2.75, 3.05) is 12.8 Å². The smallest absolute Gasteiger partial charge is 0.125 e. The van der Waals surface area contributed by atoms with Crippen LogP contribution in [0.3, 0.4) is 0 Å². The van der Waals surface area contributed by atoms with E-state index in [1.807, 2.05) is 18.2 Å². The molecule has 0 heterocycles. The number of nitrogens with two attached hydrogens (primary N) is 2. The third-order valence-corrected chi connectivity index (χ3v) is 3.63. The molecule has 134 valence electrons. The van der Waals surface area contributed by atoms with E-state index in [1.165, 1.54) is 5.56 Å². The van der Waals surface area contributed by atoms with Crippen LogP contribution in [0.25, 0.3) is 0 Å². The number of halogens is 3. The minimum Gasteiger partial charge on any atom is -0.398 e. The highest BCUT2D eigenvalue weighted by atomic mass is 35.5. The van der Waals surface area contributed by atoms with Crippen LogP contribution < -0.4 is 16.8 Å². The normalized spacial score (nSPS) is 9.08. The van der Waals surface area contributed by atoms with Crippen LogP contribution in [0.4, 0.5) is 5.69 Å². The molecule has 0 unspecified atom stereocenters. The van der Waals surface area contributed by atoms with Crippen molar-refractivity contribution in [3.8, 4) is 0 Å². The van der Waals surface area contributed by atoms with Crippen LogP contribution >= 0.6 is 37.2 Å². The molecule has 4 nitrogen and oxygen atoms in total. The summed E-state index contributed by atoms with van der Waals surface area (Å²) in [6, 6.07) is 14.2. The fourth-order valence-electron chi connectivity index (χ4n) is 2.24. The van der Waals surface area contributed by atoms with Crippen molar-refractivity contribution >= 4 is 48.7 Å². The van der Waals surface area contributed by atoms with Crippen LogP contribution in [0.5, 0.6) is 0 Å². The summed E-state index contributed by atoms with van der Waals surface area (Å²) in [6.07, 6.45) is 1.83. The van der Waals surface area contributed by atoms with E-state index in [0.717, 1.165) is 35.2 Å². The summed E-state index contributed by atoms with van der Waals surface area (Å²) >= 11 is 0. The number of anilines is 1. The van der Waals surface area contributed by atoms with E-state index in [-0.39, 0.29) is 37.2 Å². The monoisotopic (exact) mass is 390 g/mol. The molecule has 2 aromatic carbocycles. The average Bonchev–Trinajstić information content (AvgIpc) is 2.53. The number of nitrogens with one attached hydrogen (secondary N) is 2. The van der Waals surface area contributed by atoms with E-state index < -0.39 is 0 Å². The number of nitrogen functional groups attached to an aromatic ring is 1. The van der Waals surface area contributed by atoms with Crippen molar-refractivity contribution in [3.05, 3.63) is 64.7 Å². The Morgan fingerprint density at radius 3 is 2.04 bits per heavy atom. The lowest BCUT2D eigenvalue weighted by Crippen LogP contribution is -2.18. The third-order valence-electron chi connectivity index (χ3n) is 3.63. The largest absolute Gasteiger partial charge is 0.398 e. The average molecular weight is 392 g/mol. The van der Waals surface area contributed by atoms with Crippen LogP contribution in [0.15, 0.2) is 42.5 Å². The second kappa shape index (κ2) is 12.0. The fourth-order valence-corrected chi connectivity index (χ4v) is 2.24. The van der Waals surface area contributed by atoms with Gasteiger partial charge in [0.05, 0.1) is 0 Å². The maximum absolute atomic E-state index is 7.74. The van der Waals surface area contributed by atoms with Crippen LogP contribution in [0.1, 0.15) is 22.3 Å². The minimum atomic E-state index is 0. The molecule has 0 atom stereocenters. The summed E-state index contributed by atoms with van der Waals surface area (Å²) in [6.45, 7) is 0.576. The zero-order chi connectivity index (χ0) is 15.2. The molecule has 0 spiro atoms. The van der Waals surface area contributed by atoms with Crippen molar-refractivity contribution in [1.29, 1.82) is 5.41 Å². The van der Waals surface area contributed by atoms with E-state index in [2.05, 4.69) is 29.6 Å². The predicted molar refractivity (Wildman–Crippen MR) is 110 cm³/mol. The summed E-state index contributed by atoms with van der Waals surface area (Å²) in [5.41, 5.74) is 16.8. The Bertz CT molecular complexity index is 630. The fraction of sp³-hybridized carbons (Fsp3) is 0.235. The van der Waals surface area contributed by atoms with E-state index in [4.69, 9.17) is 16.9 Å². The number of hydrogen-bond donors (Lipinski definition) is 4. The molecule has 6 N–H and O–H groups in total. The molecule has 0 fully saturated rings. The molecule has 0 saturated heterocycles. The molecule has 7 heteroatoms. The molecule has 24 heavy (non-hydrogen) atoms. The lowest BCUT2D eigenvalue weighted by Gasteiger charge is -2.09. The van der Waals surface area contributed by atoms with Gasteiger partial charge >= 0.3 is 0 Å². The van der Waals surface area contributed by atoms with Gasteiger partial charge in [0.25, 0.3) is 0 Å². The van der Waals surface area contributed by atoms with E-state index in [1.54, 1.807) is 7.05 Å². The first kappa shape index (κ1) is 24.8. The van der Waals surface area contributed by atoms with Gasteiger partial charge in [-0.25, -0.2) is 0 Å². The van der Waals surface area contributed by atoms with Gasteiger partial charge < -0.3 is 16.8 Å². The summed E-state index contributed by atoms with van der Waals surface area (Å²) in [5.74, 6) is 0.380. The number of rotatable bonds is 5. The predicted octanol–water partition coefficient (Wildman–Crippen LogP) is 3.32. The van der Waals surface area contributed by atoms with Crippen molar-refractivity contribution in [2.45, 2.75) is 19.4 Å². The number of hydrogen-bond acceptors (Lipinski definition) is 3. The molecule has 0 bridgehead atoms. The first-order chi connectivity index (χ1) is 10.1. The molecule has 0 aliphatic rings. The van der Waals surface area contributed by atoms with Gasteiger partial charge in [0.15, 0.2) is 0 Å². The number of benzene rings is 2. The molecule has 0 aromatic heterocycles. The molecular weight excluding hydrogens is 367 g/mol.